The maximum absolute atomic E-state index is 13.2. The van der Waals surface area contributed by atoms with Crippen molar-refractivity contribution in [1.29, 1.82) is 0 Å². The summed E-state index contributed by atoms with van der Waals surface area (Å²) in [6.45, 7) is 11.8. The van der Waals surface area contributed by atoms with E-state index in [9.17, 15) is 14.0 Å². The van der Waals surface area contributed by atoms with Gasteiger partial charge in [0.25, 0.3) is 0 Å². The van der Waals surface area contributed by atoms with E-state index in [0.717, 1.165) is 18.7 Å². The van der Waals surface area contributed by atoms with Gasteiger partial charge in [-0.15, -0.1) is 0 Å². The van der Waals surface area contributed by atoms with Gasteiger partial charge in [0.2, 0.25) is 5.91 Å². The van der Waals surface area contributed by atoms with Gasteiger partial charge in [-0.3, -0.25) is 4.79 Å². The van der Waals surface area contributed by atoms with Crippen LogP contribution in [0.3, 0.4) is 0 Å². The van der Waals surface area contributed by atoms with Gasteiger partial charge >= 0.3 is 6.09 Å². The second-order valence-corrected chi connectivity index (χ2v) is 8.51. The summed E-state index contributed by atoms with van der Waals surface area (Å²) in [4.78, 5) is 29.2. The number of carbonyl (C=O) groups excluding carboxylic acids is 2. The lowest BCUT2D eigenvalue weighted by atomic mass is 10.0. The molecular weight excluding hydrogens is 361 g/mol. The molecule has 1 heterocycles. The summed E-state index contributed by atoms with van der Waals surface area (Å²) >= 11 is 0. The molecule has 1 aromatic rings. The number of nitrogens with zero attached hydrogens (tertiary/aromatic N) is 2. The summed E-state index contributed by atoms with van der Waals surface area (Å²) in [5.74, 6) is -0.415. The molecule has 0 aliphatic carbocycles. The molecule has 2 rings (SSSR count). The predicted molar refractivity (Wildman–Crippen MR) is 108 cm³/mol. The third-order valence-electron chi connectivity index (χ3n) is 4.60. The average molecular weight is 394 g/mol. The lowest BCUT2D eigenvalue weighted by molar-refractivity contribution is -0.134. The van der Waals surface area contributed by atoms with Crippen molar-refractivity contribution in [2.75, 3.05) is 31.1 Å². The maximum atomic E-state index is 13.2. The zero-order chi connectivity index (χ0) is 20.9. The molecule has 1 aliphatic rings. The molecule has 0 radical (unpaired) electrons. The van der Waals surface area contributed by atoms with Crippen LogP contribution in [-0.2, 0) is 9.53 Å². The highest BCUT2D eigenvalue weighted by atomic mass is 19.1. The number of amides is 2. The van der Waals surface area contributed by atoms with Crippen LogP contribution in [-0.4, -0.2) is 54.7 Å². The molecule has 1 unspecified atom stereocenters. The minimum Gasteiger partial charge on any atom is -0.444 e. The van der Waals surface area contributed by atoms with Crippen molar-refractivity contribution in [1.82, 2.24) is 10.2 Å². The molecule has 1 fully saturated rings. The second-order valence-electron chi connectivity index (χ2n) is 8.51. The SMILES string of the molecule is CC(C)C(NC(=O)OC(C)(C)C)C(=O)N1CCCN(c2ccc(F)cc2)CC1. The smallest absolute Gasteiger partial charge is 0.408 e. The highest BCUT2D eigenvalue weighted by molar-refractivity contribution is 5.86. The molecule has 1 saturated heterocycles. The zero-order valence-corrected chi connectivity index (χ0v) is 17.5. The maximum Gasteiger partial charge on any atom is 0.408 e. The first-order valence-electron chi connectivity index (χ1n) is 9.85. The Labute approximate surface area is 167 Å². The Morgan fingerprint density at radius 1 is 1.07 bits per heavy atom. The van der Waals surface area contributed by atoms with Crippen molar-refractivity contribution >= 4 is 17.7 Å². The van der Waals surface area contributed by atoms with E-state index in [1.807, 2.05) is 13.8 Å². The number of ether oxygens (including phenoxy) is 1. The molecule has 1 aromatic carbocycles. The van der Waals surface area contributed by atoms with Crippen LogP contribution in [0.4, 0.5) is 14.9 Å². The lowest BCUT2D eigenvalue weighted by Crippen LogP contribution is -2.52. The normalized spacial score (nSPS) is 16.5. The van der Waals surface area contributed by atoms with Crippen molar-refractivity contribution in [3.8, 4) is 0 Å². The lowest BCUT2D eigenvalue weighted by Gasteiger charge is -2.30. The molecule has 7 heteroatoms. The van der Waals surface area contributed by atoms with Crippen molar-refractivity contribution in [3.63, 3.8) is 0 Å². The Balaban J connectivity index is 2.00. The fourth-order valence-electron chi connectivity index (χ4n) is 3.19. The number of carbonyl (C=O) groups is 2. The number of anilines is 1. The Morgan fingerprint density at radius 3 is 2.29 bits per heavy atom. The standard InChI is InChI=1S/C21H32FN3O3/c1-15(2)18(23-20(27)28-21(3,4)5)19(26)25-12-6-11-24(13-14-25)17-9-7-16(22)8-10-17/h7-10,15,18H,6,11-14H2,1-5H3,(H,23,27). The van der Waals surface area contributed by atoms with Gasteiger partial charge in [0, 0.05) is 31.9 Å². The molecular formula is C21H32FN3O3. The molecule has 156 valence electrons. The zero-order valence-electron chi connectivity index (χ0n) is 17.5. The largest absolute Gasteiger partial charge is 0.444 e. The van der Waals surface area contributed by atoms with Crippen molar-refractivity contribution in [3.05, 3.63) is 30.1 Å². The number of rotatable bonds is 4. The van der Waals surface area contributed by atoms with Gasteiger partial charge in [-0.2, -0.15) is 0 Å². The van der Waals surface area contributed by atoms with Crippen LogP contribution >= 0.6 is 0 Å². The summed E-state index contributed by atoms with van der Waals surface area (Å²) in [6, 6.07) is 5.78. The average Bonchev–Trinajstić information content (AvgIpc) is 2.84. The minimum absolute atomic E-state index is 0.0588. The van der Waals surface area contributed by atoms with E-state index in [1.165, 1.54) is 12.1 Å². The summed E-state index contributed by atoms with van der Waals surface area (Å²) in [7, 11) is 0. The van der Waals surface area contributed by atoms with E-state index in [0.29, 0.717) is 19.6 Å². The third kappa shape index (κ3) is 6.39. The van der Waals surface area contributed by atoms with Gasteiger partial charge in [-0.05, 0) is 57.4 Å². The highest BCUT2D eigenvalue weighted by Crippen LogP contribution is 2.18. The van der Waals surface area contributed by atoms with Gasteiger partial charge in [-0.1, -0.05) is 13.8 Å². The number of alkyl carbamates (subject to hydrolysis) is 1. The highest BCUT2D eigenvalue weighted by Gasteiger charge is 2.31. The number of halogens is 1. The van der Waals surface area contributed by atoms with Crippen LogP contribution in [0.5, 0.6) is 0 Å². The van der Waals surface area contributed by atoms with Crippen LogP contribution in [0, 0.1) is 11.7 Å². The number of hydrogen-bond donors (Lipinski definition) is 1. The second kappa shape index (κ2) is 9.26. The minimum atomic E-state index is -0.632. The molecule has 2 amide bonds. The van der Waals surface area contributed by atoms with Gasteiger partial charge in [0.15, 0.2) is 0 Å². The summed E-state index contributed by atoms with van der Waals surface area (Å²) in [5, 5.41) is 2.73. The molecule has 0 saturated carbocycles. The Bertz CT molecular complexity index is 670. The molecule has 1 N–H and O–H groups in total. The van der Waals surface area contributed by atoms with E-state index < -0.39 is 17.7 Å². The van der Waals surface area contributed by atoms with Gasteiger partial charge in [0.1, 0.15) is 17.5 Å². The summed E-state index contributed by atoms with van der Waals surface area (Å²) in [5.41, 5.74) is 0.329. The molecule has 0 spiro atoms. The molecule has 1 atom stereocenters. The first-order valence-corrected chi connectivity index (χ1v) is 9.85. The molecule has 0 aromatic heterocycles. The van der Waals surface area contributed by atoms with Crippen molar-refractivity contribution in [2.45, 2.75) is 52.7 Å². The van der Waals surface area contributed by atoms with Gasteiger partial charge < -0.3 is 19.9 Å². The molecule has 28 heavy (non-hydrogen) atoms. The van der Waals surface area contributed by atoms with Crippen molar-refractivity contribution < 1.29 is 18.7 Å². The van der Waals surface area contributed by atoms with Gasteiger partial charge in [-0.25, -0.2) is 9.18 Å². The number of nitrogens with one attached hydrogen (secondary N) is 1. The fraction of sp³-hybridized carbons (Fsp3) is 0.619. The third-order valence-corrected chi connectivity index (χ3v) is 4.60. The number of benzene rings is 1. The van der Waals surface area contributed by atoms with Crippen LogP contribution < -0.4 is 10.2 Å². The van der Waals surface area contributed by atoms with E-state index >= 15 is 0 Å². The predicted octanol–water partition coefficient (Wildman–Crippen LogP) is 3.41. The van der Waals surface area contributed by atoms with Crippen LogP contribution in [0.15, 0.2) is 24.3 Å². The van der Waals surface area contributed by atoms with Crippen LogP contribution in [0.1, 0.15) is 41.0 Å². The monoisotopic (exact) mass is 393 g/mol. The van der Waals surface area contributed by atoms with Gasteiger partial charge in [0.05, 0.1) is 0 Å². The molecule has 1 aliphatic heterocycles. The quantitative estimate of drug-likeness (QED) is 0.852. The topological polar surface area (TPSA) is 61.9 Å². The Hall–Kier alpha value is -2.31. The number of hydrogen-bond acceptors (Lipinski definition) is 4. The fourth-order valence-corrected chi connectivity index (χ4v) is 3.19. The van der Waals surface area contributed by atoms with E-state index in [-0.39, 0.29) is 17.6 Å². The molecule has 6 nitrogen and oxygen atoms in total. The first kappa shape index (κ1) is 22.0. The Morgan fingerprint density at radius 2 is 1.71 bits per heavy atom. The van der Waals surface area contributed by atoms with Crippen LogP contribution in [0.2, 0.25) is 0 Å². The molecule has 0 bridgehead atoms. The van der Waals surface area contributed by atoms with E-state index in [4.69, 9.17) is 4.74 Å². The van der Waals surface area contributed by atoms with E-state index in [2.05, 4.69) is 10.2 Å². The van der Waals surface area contributed by atoms with E-state index in [1.54, 1.807) is 37.8 Å². The summed E-state index contributed by atoms with van der Waals surface area (Å²) in [6.07, 6.45) is 0.225. The summed E-state index contributed by atoms with van der Waals surface area (Å²) < 4.78 is 18.5. The first-order chi connectivity index (χ1) is 13.1. The Kier molecular flexibility index (Phi) is 7.27. The van der Waals surface area contributed by atoms with Crippen LogP contribution in [0.25, 0.3) is 0 Å². The van der Waals surface area contributed by atoms with Crippen molar-refractivity contribution in [2.24, 2.45) is 5.92 Å².